The second-order valence-corrected chi connectivity index (χ2v) is 14.5. The average Bonchev–Trinajstić information content (AvgIpc) is 3.43. The van der Waals surface area contributed by atoms with Crippen molar-refractivity contribution in [2.75, 3.05) is 13.2 Å². The average molecular weight is 698 g/mol. The molecule has 1 aromatic heterocycles. The fourth-order valence-corrected chi connectivity index (χ4v) is 5.85. The number of hydrogen-bond acceptors (Lipinski definition) is 6. The zero-order valence-electron chi connectivity index (χ0n) is 26.9. The Balaban J connectivity index is 1.63. The monoisotopic (exact) mass is 697 g/mol. The lowest BCUT2D eigenvalue weighted by Gasteiger charge is -2.33. The molecule has 1 aliphatic rings. The van der Waals surface area contributed by atoms with Crippen LogP contribution in [0.1, 0.15) is 43.2 Å². The van der Waals surface area contributed by atoms with Gasteiger partial charge < -0.3 is 19.9 Å². The Morgan fingerprint density at radius 3 is 2.27 bits per heavy atom. The Morgan fingerprint density at radius 1 is 1.02 bits per heavy atom. The summed E-state index contributed by atoms with van der Waals surface area (Å²) in [5.41, 5.74) is -4.58. The lowest BCUT2D eigenvalue weighted by molar-refractivity contribution is -0.265. The molecule has 258 valence electrons. The first-order valence-corrected chi connectivity index (χ1v) is 16.4. The van der Waals surface area contributed by atoms with Crippen molar-refractivity contribution in [3.8, 4) is 17.0 Å². The van der Waals surface area contributed by atoms with Crippen molar-refractivity contribution in [1.82, 2.24) is 15.0 Å². The zero-order chi connectivity index (χ0) is 35.5. The fourth-order valence-electron chi connectivity index (χ4n) is 4.98. The SMILES string of the molecule is CC(C)(C)S(=O)NC1(/C=C/c2ccccc2)COc2c1cc(C(O)(CNC(=O)OCc1ccccc1)C(F)(F)F)nc2-c1ccc(F)cc1. The number of alkyl carbamates (subject to hydrolysis) is 1. The Bertz CT molecular complexity index is 1830. The van der Waals surface area contributed by atoms with E-state index in [2.05, 4.69) is 9.71 Å². The van der Waals surface area contributed by atoms with Crippen LogP contribution >= 0.6 is 0 Å². The molecule has 0 fully saturated rings. The number of benzene rings is 3. The van der Waals surface area contributed by atoms with Gasteiger partial charge in [-0.3, -0.25) is 0 Å². The molecule has 1 amide bonds. The van der Waals surface area contributed by atoms with Crippen molar-refractivity contribution in [2.45, 2.75) is 49.4 Å². The summed E-state index contributed by atoms with van der Waals surface area (Å²) in [4.78, 5) is 16.8. The molecule has 13 heteroatoms. The maximum atomic E-state index is 14.9. The molecular formula is C36H35F4N3O5S. The van der Waals surface area contributed by atoms with Crippen LogP contribution in [0.15, 0.2) is 97.1 Å². The summed E-state index contributed by atoms with van der Waals surface area (Å²) in [6.45, 7) is 3.42. The molecule has 1 aliphatic heterocycles. The van der Waals surface area contributed by atoms with Gasteiger partial charge in [-0.25, -0.2) is 23.1 Å². The first-order valence-electron chi connectivity index (χ1n) is 15.2. The third-order valence-electron chi connectivity index (χ3n) is 7.80. The molecule has 3 unspecified atom stereocenters. The van der Waals surface area contributed by atoms with Crippen LogP contribution < -0.4 is 14.8 Å². The molecule has 0 saturated heterocycles. The van der Waals surface area contributed by atoms with E-state index >= 15 is 0 Å². The normalized spacial score (nSPS) is 18.0. The van der Waals surface area contributed by atoms with Gasteiger partial charge in [-0.15, -0.1) is 0 Å². The molecule has 2 heterocycles. The number of pyridine rings is 1. The smallest absolute Gasteiger partial charge is 0.424 e. The van der Waals surface area contributed by atoms with Crippen molar-refractivity contribution in [3.63, 3.8) is 0 Å². The second-order valence-electron chi connectivity index (χ2n) is 12.5. The van der Waals surface area contributed by atoms with E-state index in [1.54, 1.807) is 63.3 Å². The topological polar surface area (TPSA) is 110 Å². The summed E-state index contributed by atoms with van der Waals surface area (Å²) in [5.74, 6) is -0.545. The largest absolute Gasteiger partial charge is 0.488 e. The first-order chi connectivity index (χ1) is 23.1. The van der Waals surface area contributed by atoms with E-state index in [1.807, 2.05) is 35.6 Å². The van der Waals surface area contributed by atoms with Crippen LogP contribution in [0, 0.1) is 5.82 Å². The highest BCUT2D eigenvalue weighted by molar-refractivity contribution is 7.84. The summed E-state index contributed by atoms with van der Waals surface area (Å²) in [6.07, 6.45) is -3.20. The Kier molecular flexibility index (Phi) is 10.3. The minimum Gasteiger partial charge on any atom is -0.488 e. The molecule has 8 nitrogen and oxygen atoms in total. The van der Waals surface area contributed by atoms with Crippen LogP contribution in [0.5, 0.6) is 5.75 Å². The molecule has 0 aliphatic carbocycles. The highest BCUT2D eigenvalue weighted by Crippen LogP contribution is 2.48. The van der Waals surface area contributed by atoms with E-state index in [0.29, 0.717) is 5.56 Å². The van der Waals surface area contributed by atoms with Crippen molar-refractivity contribution in [1.29, 1.82) is 0 Å². The Labute approximate surface area is 283 Å². The van der Waals surface area contributed by atoms with Gasteiger partial charge in [0.05, 0.1) is 28.0 Å². The number of rotatable bonds is 10. The standard InChI is InChI=1S/C36H35F4N3O5S/c1-33(2,3)49(46)43-34(19-18-24-10-6-4-7-11-24)23-48-31-28(34)20-29(42-30(31)26-14-16-27(37)17-15-26)35(45,36(38,39)40)22-41-32(44)47-21-25-12-8-5-9-13-25/h4-20,43,45H,21-23H2,1-3H3,(H,41,44)/b19-18+. The number of nitrogens with zero attached hydrogens (tertiary/aromatic N) is 1. The Morgan fingerprint density at radius 2 is 1.65 bits per heavy atom. The van der Waals surface area contributed by atoms with Crippen LogP contribution in [0.25, 0.3) is 17.3 Å². The van der Waals surface area contributed by atoms with Crippen molar-refractivity contribution in [3.05, 3.63) is 125 Å². The maximum absolute atomic E-state index is 14.9. The number of carbonyl (C=O) groups excluding carboxylic acids is 1. The summed E-state index contributed by atoms with van der Waals surface area (Å²) in [5, 5.41) is 13.5. The predicted octanol–water partition coefficient (Wildman–Crippen LogP) is 6.92. The number of nitrogens with one attached hydrogen (secondary N) is 2. The third-order valence-corrected chi connectivity index (χ3v) is 9.46. The molecule has 3 atom stereocenters. The van der Waals surface area contributed by atoms with E-state index in [0.717, 1.165) is 23.8 Å². The number of ether oxygens (including phenoxy) is 2. The molecular weight excluding hydrogens is 662 g/mol. The van der Waals surface area contributed by atoms with Gasteiger partial charge in [-0.2, -0.15) is 13.2 Å². The van der Waals surface area contributed by atoms with E-state index in [9.17, 15) is 31.7 Å². The first kappa shape index (κ1) is 35.7. The van der Waals surface area contributed by atoms with E-state index < -0.39 is 57.2 Å². The molecule has 3 aromatic carbocycles. The zero-order valence-corrected chi connectivity index (χ0v) is 27.7. The van der Waals surface area contributed by atoms with Crippen LogP contribution in [0.3, 0.4) is 0 Å². The number of halogens is 4. The van der Waals surface area contributed by atoms with Crippen LogP contribution in [-0.2, 0) is 33.5 Å². The van der Waals surface area contributed by atoms with Gasteiger partial charge in [0, 0.05) is 11.1 Å². The molecule has 0 spiro atoms. The van der Waals surface area contributed by atoms with E-state index in [-0.39, 0.29) is 35.8 Å². The number of carbonyl (C=O) groups is 1. The van der Waals surface area contributed by atoms with Crippen LogP contribution in [-0.4, -0.2) is 44.5 Å². The number of fused-ring (bicyclic) bond motifs is 1. The molecule has 5 rings (SSSR count). The molecule has 4 aromatic rings. The quantitative estimate of drug-likeness (QED) is 0.155. The Hall–Kier alpha value is -4.59. The number of aliphatic hydroxyl groups is 1. The number of alkyl halides is 3. The third kappa shape index (κ3) is 8.01. The van der Waals surface area contributed by atoms with Gasteiger partial charge >= 0.3 is 12.3 Å². The summed E-state index contributed by atoms with van der Waals surface area (Å²) < 4.78 is 85.7. The molecule has 0 bridgehead atoms. The second kappa shape index (κ2) is 14.1. The molecule has 0 radical (unpaired) electrons. The van der Waals surface area contributed by atoms with Gasteiger partial charge in [-0.05, 0) is 62.2 Å². The van der Waals surface area contributed by atoms with Gasteiger partial charge in [0.15, 0.2) is 5.75 Å². The lowest BCUT2D eigenvalue weighted by atomic mass is 9.87. The molecule has 49 heavy (non-hydrogen) atoms. The number of hydrogen-bond donors (Lipinski definition) is 3. The van der Waals surface area contributed by atoms with Gasteiger partial charge in [0.1, 0.15) is 30.3 Å². The number of aromatic nitrogens is 1. The highest BCUT2D eigenvalue weighted by atomic mass is 32.2. The van der Waals surface area contributed by atoms with E-state index in [4.69, 9.17) is 9.47 Å². The maximum Gasteiger partial charge on any atom is 0.424 e. The van der Waals surface area contributed by atoms with Crippen molar-refractivity contribution >= 4 is 23.2 Å². The molecule has 0 saturated carbocycles. The minimum absolute atomic E-state index is 0.0474. The van der Waals surface area contributed by atoms with Crippen LogP contribution in [0.4, 0.5) is 22.4 Å². The van der Waals surface area contributed by atoms with Gasteiger partial charge in [0.25, 0.3) is 0 Å². The van der Waals surface area contributed by atoms with Crippen molar-refractivity contribution in [2.24, 2.45) is 0 Å². The van der Waals surface area contributed by atoms with Gasteiger partial charge in [0.2, 0.25) is 5.60 Å². The number of amides is 1. The van der Waals surface area contributed by atoms with Crippen LogP contribution in [0.2, 0.25) is 0 Å². The minimum atomic E-state index is -5.36. The summed E-state index contributed by atoms with van der Waals surface area (Å²) in [6, 6.07) is 23.5. The molecule has 3 N–H and O–H groups in total. The van der Waals surface area contributed by atoms with E-state index in [1.165, 1.54) is 12.1 Å². The lowest BCUT2D eigenvalue weighted by Crippen LogP contribution is -2.52. The predicted molar refractivity (Wildman–Crippen MR) is 178 cm³/mol. The van der Waals surface area contributed by atoms with Crippen molar-refractivity contribution < 1.29 is 41.1 Å². The summed E-state index contributed by atoms with van der Waals surface area (Å²) in [7, 11) is -1.77. The summed E-state index contributed by atoms with van der Waals surface area (Å²) >= 11 is 0. The highest BCUT2D eigenvalue weighted by Gasteiger charge is 2.57. The fraction of sp³-hybridized carbons (Fsp3) is 0.278. The van der Waals surface area contributed by atoms with Gasteiger partial charge in [-0.1, -0.05) is 72.8 Å².